The van der Waals surface area contributed by atoms with E-state index in [2.05, 4.69) is 34.3 Å². The number of benzene rings is 1. The van der Waals surface area contributed by atoms with Crippen molar-refractivity contribution in [2.45, 2.75) is 58.5 Å². The average molecular weight is 394 g/mol. The quantitative estimate of drug-likeness (QED) is 0.834. The first-order chi connectivity index (χ1) is 13.9. The maximum atomic E-state index is 13.1. The summed E-state index contributed by atoms with van der Waals surface area (Å²) in [6.07, 6.45) is 6.58. The molecule has 1 fully saturated rings. The van der Waals surface area contributed by atoms with Crippen molar-refractivity contribution < 1.29 is 4.79 Å². The lowest BCUT2D eigenvalue weighted by Gasteiger charge is -2.34. The summed E-state index contributed by atoms with van der Waals surface area (Å²) in [6, 6.07) is 10.8. The third-order valence-electron chi connectivity index (χ3n) is 6.24. The summed E-state index contributed by atoms with van der Waals surface area (Å²) in [5, 5.41) is 3.43. The zero-order chi connectivity index (χ0) is 20.6. The lowest BCUT2D eigenvalue weighted by molar-refractivity contribution is -0.125. The molecule has 29 heavy (non-hydrogen) atoms. The Labute approximate surface area is 173 Å². The first-order valence-electron chi connectivity index (χ1n) is 10.6. The van der Waals surface area contributed by atoms with E-state index in [1.807, 2.05) is 39.1 Å². The third-order valence-corrected chi connectivity index (χ3v) is 6.24. The molecule has 1 aromatic heterocycles. The molecule has 2 aromatic rings. The summed E-state index contributed by atoms with van der Waals surface area (Å²) < 4.78 is 0. The highest BCUT2D eigenvalue weighted by Crippen LogP contribution is 2.40. The van der Waals surface area contributed by atoms with Gasteiger partial charge in [0.15, 0.2) is 5.82 Å². The van der Waals surface area contributed by atoms with Gasteiger partial charge in [-0.15, -0.1) is 0 Å². The molecule has 6 heteroatoms. The fourth-order valence-electron chi connectivity index (χ4n) is 4.55. The van der Waals surface area contributed by atoms with Gasteiger partial charge in [0.2, 0.25) is 11.9 Å². The number of anilines is 3. The Morgan fingerprint density at radius 2 is 1.86 bits per heavy atom. The number of hydrogen-bond donors (Lipinski definition) is 1. The largest absolute Gasteiger partial charge is 0.351 e. The minimum absolute atomic E-state index is 0.0933. The first-order valence-corrected chi connectivity index (χ1v) is 10.6. The van der Waals surface area contributed by atoms with Crippen molar-refractivity contribution in [2.75, 3.05) is 28.7 Å². The molecular weight excluding hydrogens is 362 g/mol. The molecule has 154 valence electrons. The fraction of sp³-hybridized carbons (Fsp3) is 0.522. The van der Waals surface area contributed by atoms with Crippen molar-refractivity contribution >= 4 is 23.4 Å². The number of amides is 1. The molecule has 1 amide bonds. The number of hydrogen-bond acceptors (Lipinski definition) is 5. The van der Waals surface area contributed by atoms with Crippen molar-refractivity contribution in [3.63, 3.8) is 0 Å². The van der Waals surface area contributed by atoms with Crippen molar-refractivity contribution in [1.29, 1.82) is 0 Å². The van der Waals surface area contributed by atoms with Crippen LogP contribution in [-0.2, 0) is 4.79 Å². The molecule has 0 bridgehead atoms. The van der Waals surface area contributed by atoms with Gasteiger partial charge in [-0.1, -0.05) is 43.2 Å². The molecule has 2 aliphatic rings. The van der Waals surface area contributed by atoms with E-state index >= 15 is 0 Å². The van der Waals surface area contributed by atoms with Crippen LogP contribution in [0.4, 0.5) is 17.5 Å². The number of fused-ring (bicyclic) bond motifs is 1. The van der Waals surface area contributed by atoms with Crippen molar-refractivity contribution in [2.24, 2.45) is 5.41 Å². The molecule has 0 saturated heterocycles. The van der Waals surface area contributed by atoms with Crippen LogP contribution in [0.1, 0.15) is 58.1 Å². The van der Waals surface area contributed by atoms with Crippen LogP contribution in [0.15, 0.2) is 36.5 Å². The minimum atomic E-state index is -0.469. The molecular formula is C23H31N5O. The molecule has 1 aromatic carbocycles. The number of nitrogens with zero attached hydrogens (tertiary/aromatic N) is 4. The third kappa shape index (κ3) is 3.80. The van der Waals surface area contributed by atoms with Crippen LogP contribution >= 0.6 is 0 Å². The van der Waals surface area contributed by atoms with Gasteiger partial charge < -0.3 is 15.1 Å². The second-order valence-corrected chi connectivity index (χ2v) is 8.99. The van der Waals surface area contributed by atoms with E-state index in [1.54, 1.807) is 11.1 Å². The minimum Gasteiger partial charge on any atom is -0.351 e. The highest BCUT2D eigenvalue weighted by molar-refractivity contribution is 6.00. The van der Waals surface area contributed by atoms with E-state index in [4.69, 9.17) is 4.98 Å². The van der Waals surface area contributed by atoms with Gasteiger partial charge >= 0.3 is 0 Å². The zero-order valence-corrected chi connectivity index (χ0v) is 17.9. The standard InChI is InChI=1S/C23H31N5O/c1-16(17-10-6-5-7-11-17)25-22-24-14-19-20(26-22)28(18-12-8-9-13-18)15-23(2,3)21(29)27(19)4/h5-7,10-11,14,16,18H,8-9,12-13,15H2,1-4H3,(H,24,25,26). The molecule has 1 unspecified atom stereocenters. The van der Waals surface area contributed by atoms with E-state index in [0.29, 0.717) is 18.5 Å². The van der Waals surface area contributed by atoms with Crippen LogP contribution in [0.25, 0.3) is 0 Å². The Balaban J connectivity index is 1.70. The highest BCUT2D eigenvalue weighted by Gasteiger charge is 2.41. The summed E-state index contributed by atoms with van der Waals surface area (Å²) in [5.41, 5.74) is 1.51. The molecule has 1 saturated carbocycles. The van der Waals surface area contributed by atoms with Crippen LogP contribution < -0.4 is 15.1 Å². The van der Waals surface area contributed by atoms with Crippen LogP contribution in [0.5, 0.6) is 0 Å². The average Bonchev–Trinajstić information content (AvgIpc) is 3.24. The molecule has 0 radical (unpaired) electrons. The number of carbonyl (C=O) groups is 1. The summed E-state index contributed by atoms with van der Waals surface area (Å²) in [6.45, 7) is 6.85. The van der Waals surface area contributed by atoms with Gasteiger partial charge in [0.1, 0.15) is 5.69 Å². The molecule has 0 spiro atoms. The normalized spacial score (nSPS) is 20.3. The molecule has 1 atom stereocenters. The van der Waals surface area contributed by atoms with Crippen LogP contribution in [0, 0.1) is 5.41 Å². The van der Waals surface area contributed by atoms with E-state index in [0.717, 1.165) is 24.3 Å². The Morgan fingerprint density at radius 3 is 2.55 bits per heavy atom. The maximum Gasteiger partial charge on any atom is 0.234 e. The number of aromatic nitrogens is 2. The van der Waals surface area contributed by atoms with E-state index in [9.17, 15) is 4.79 Å². The predicted octanol–water partition coefficient (Wildman–Crippen LogP) is 4.40. The van der Waals surface area contributed by atoms with E-state index in [1.165, 1.54) is 18.4 Å². The van der Waals surface area contributed by atoms with Crippen LogP contribution in [-0.4, -0.2) is 35.5 Å². The molecule has 6 nitrogen and oxygen atoms in total. The number of rotatable bonds is 4. The van der Waals surface area contributed by atoms with Gasteiger partial charge in [0.25, 0.3) is 0 Å². The fourth-order valence-corrected chi connectivity index (χ4v) is 4.55. The van der Waals surface area contributed by atoms with Crippen LogP contribution in [0.2, 0.25) is 0 Å². The van der Waals surface area contributed by atoms with Gasteiger partial charge in [0, 0.05) is 19.6 Å². The molecule has 2 heterocycles. The van der Waals surface area contributed by atoms with Gasteiger partial charge in [-0.3, -0.25) is 4.79 Å². The predicted molar refractivity (Wildman–Crippen MR) is 117 cm³/mol. The summed E-state index contributed by atoms with van der Waals surface area (Å²) in [7, 11) is 1.84. The van der Waals surface area contributed by atoms with Gasteiger partial charge in [-0.25, -0.2) is 4.98 Å². The van der Waals surface area contributed by atoms with Gasteiger partial charge in [-0.2, -0.15) is 4.98 Å². The monoisotopic (exact) mass is 393 g/mol. The number of carbonyl (C=O) groups excluding carboxylic acids is 1. The Bertz CT molecular complexity index is 876. The second-order valence-electron chi connectivity index (χ2n) is 8.99. The Morgan fingerprint density at radius 1 is 1.17 bits per heavy atom. The number of nitrogens with one attached hydrogen (secondary N) is 1. The van der Waals surface area contributed by atoms with Crippen LogP contribution in [0.3, 0.4) is 0 Å². The Hall–Kier alpha value is -2.63. The maximum absolute atomic E-state index is 13.1. The molecule has 1 aliphatic heterocycles. The lowest BCUT2D eigenvalue weighted by atomic mass is 9.91. The molecule has 1 N–H and O–H groups in total. The smallest absolute Gasteiger partial charge is 0.234 e. The highest BCUT2D eigenvalue weighted by atomic mass is 16.2. The summed E-state index contributed by atoms with van der Waals surface area (Å²) >= 11 is 0. The zero-order valence-electron chi connectivity index (χ0n) is 17.9. The van der Waals surface area contributed by atoms with Crippen molar-refractivity contribution in [1.82, 2.24) is 9.97 Å². The summed E-state index contributed by atoms with van der Waals surface area (Å²) in [5.74, 6) is 1.58. The second kappa shape index (κ2) is 7.65. The SMILES string of the molecule is CC(Nc1ncc2c(n1)N(C1CCCC1)CC(C)(C)C(=O)N2C)c1ccccc1. The van der Waals surface area contributed by atoms with Crippen molar-refractivity contribution in [3.8, 4) is 0 Å². The Kier molecular flexibility index (Phi) is 5.19. The van der Waals surface area contributed by atoms with E-state index in [-0.39, 0.29) is 11.9 Å². The van der Waals surface area contributed by atoms with E-state index < -0.39 is 5.41 Å². The topological polar surface area (TPSA) is 61.4 Å². The lowest BCUT2D eigenvalue weighted by Crippen LogP contribution is -2.45. The molecule has 4 rings (SSSR count). The van der Waals surface area contributed by atoms with Crippen molar-refractivity contribution in [3.05, 3.63) is 42.1 Å². The van der Waals surface area contributed by atoms with Gasteiger partial charge in [0.05, 0.1) is 17.7 Å². The van der Waals surface area contributed by atoms with Gasteiger partial charge in [-0.05, 0) is 39.2 Å². The first kappa shape index (κ1) is 19.7. The summed E-state index contributed by atoms with van der Waals surface area (Å²) in [4.78, 5) is 26.6. The molecule has 1 aliphatic carbocycles.